The highest BCUT2D eigenvalue weighted by atomic mass is 16.6. The maximum atomic E-state index is 12.4. The van der Waals surface area contributed by atoms with Gasteiger partial charge in [0.15, 0.2) is 18.5 Å². The van der Waals surface area contributed by atoms with E-state index in [0.29, 0.717) is 16.9 Å². The molecule has 29 heavy (non-hydrogen) atoms. The summed E-state index contributed by atoms with van der Waals surface area (Å²) < 4.78 is 10.4. The van der Waals surface area contributed by atoms with Gasteiger partial charge in [-0.05, 0) is 30.2 Å². The highest BCUT2D eigenvalue weighted by Gasteiger charge is 2.27. The summed E-state index contributed by atoms with van der Waals surface area (Å²) in [5.74, 6) is -1.73. The lowest BCUT2D eigenvalue weighted by molar-refractivity contribution is -0.160. The van der Waals surface area contributed by atoms with E-state index in [9.17, 15) is 19.2 Å². The maximum Gasteiger partial charge on any atom is 0.344 e. The first-order valence-corrected chi connectivity index (χ1v) is 8.90. The molecule has 0 aliphatic rings. The SMILES string of the molecule is CC(C)[C@@H](OC(=O)COc1ccc(C(=O)c2ccccc2)cc1)C(=O)NC(N)=O. The van der Waals surface area contributed by atoms with E-state index in [1.54, 1.807) is 62.4 Å². The van der Waals surface area contributed by atoms with E-state index >= 15 is 0 Å². The van der Waals surface area contributed by atoms with E-state index in [-0.39, 0.29) is 11.7 Å². The van der Waals surface area contributed by atoms with Crippen LogP contribution < -0.4 is 15.8 Å². The summed E-state index contributed by atoms with van der Waals surface area (Å²) in [6.45, 7) is 2.86. The Labute approximate surface area is 168 Å². The Morgan fingerprint density at radius 3 is 2.07 bits per heavy atom. The molecule has 0 saturated heterocycles. The molecule has 0 saturated carbocycles. The lowest BCUT2D eigenvalue weighted by Gasteiger charge is -2.19. The van der Waals surface area contributed by atoms with Gasteiger partial charge in [0.1, 0.15) is 5.75 Å². The summed E-state index contributed by atoms with van der Waals surface area (Å²) >= 11 is 0. The molecule has 0 heterocycles. The molecular weight excluding hydrogens is 376 g/mol. The molecule has 0 radical (unpaired) electrons. The fraction of sp³-hybridized carbons (Fsp3) is 0.238. The minimum Gasteiger partial charge on any atom is -0.482 e. The third-order valence-electron chi connectivity index (χ3n) is 3.88. The van der Waals surface area contributed by atoms with Gasteiger partial charge in [0.2, 0.25) is 0 Å². The zero-order chi connectivity index (χ0) is 21.4. The van der Waals surface area contributed by atoms with Crippen LogP contribution in [-0.2, 0) is 14.3 Å². The Morgan fingerprint density at radius 1 is 0.931 bits per heavy atom. The minimum atomic E-state index is -1.18. The molecule has 152 valence electrons. The van der Waals surface area contributed by atoms with Gasteiger partial charge in [-0.25, -0.2) is 9.59 Å². The third kappa shape index (κ3) is 6.46. The van der Waals surface area contributed by atoms with Crippen molar-refractivity contribution in [3.8, 4) is 5.75 Å². The smallest absolute Gasteiger partial charge is 0.344 e. The summed E-state index contributed by atoms with van der Waals surface area (Å²) in [6.07, 6.45) is -1.18. The summed E-state index contributed by atoms with van der Waals surface area (Å²) in [5, 5.41) is 1.88. The maximum absolute atomic E-state index is 12.4. The van der Waals surface area contributed by atoms with Gasteiger partial charge in [-0.2, -0.15) is 0 Å². The number of esters is 1. The van der Waals surface area contributed by atoms with E-state index in [4.69, 9.17) is 15.2 Å². The molecule has 3 N–H and O–H groups in total. The molecule has 8 heteroatoms. The molecule has 0 unspecified atom stereocenters. The first kappa shape index (κ1) is 21.6. The van der Waals surface area contributed by atoms with Gasteiger partial charge >= 0.3 is 12.0 Å². The fourth-order valence-electron chi connectivity index (χ4n) is 2.46. The van der Waals surface area contributed by atoms with Crippen molar-refractivity contribution in [3.05, 3.63) is 65.7 Å². The number of hydrogen-bond acceptors (Lipinski definition) is 6. The Bertz CT molecular complexity index is 878. The van der Waals surface area contributed by atoms with Crippen LogP contribution in [-0.4, -0.2) is 36.4 Å². The molecular formula is C21H22N2O6. The van der Waals surface area contributed by atoms with Crippen molar-refractivity contribution in [2.24, 2.45) is 11.7 Å². The predicted molar refractivity (Wildman–Crippen MR) is 104 cm³/mol. The number of hydrogen-bond donors (Lipinski definition) is 2. The topological polar surface area (TPSA) is 125 Å². The summed E-state index contributed by atoms with van der Waals surface area (Å²) in [5.41, 5.74) is 5.96. The van der Waals surface area contributed by atoms with Crippen molar-refractivity contribution in [1.82, 2.24) is 5.32 Å². The number of urea groups is 1. The average Bonchev–Trinajstić information content (AvgIpc) is 2.70. The molecule has 0 spiro atoms. The van der Waals surface area contributed by atoms with Gasteiger partial charge in [0.05, 0.1) is 0 Å². The number of carbonyl (C=O) groups is 4. The third-order valence-corrected chi connectivity index (χ3v) is 3.88. The number of carbonyl (C=O) groups excluding carboxylic acids is 4. The van der Waals surface area contributed by atoms with Crippen molar-refractivity contribution in [1.29, 1.82) is 0 Å². The first-order valence-electron chi connectivity index (χ1n) is 8.90. The Hall–Kier alpha value is -3.68. The monoisotopic (exact) mass is 398 g/mol. The van der Waals surface area contributed by atoms with Crippen LogP contribution in [0.15, 0.2) is 54.6 Å². The van der Waals surface area contributed by atoms with Crippen LogP contribution >= 0.6 is 0 Å². The number of ether oxygens (including phenoxy) is 2. The fourth-order valence-corrected chi connectivity index (χ4v) is 2.46. The second kappa shape index (κ2) is 10.0. The number of rotatable bonds is 8. The molecule has 3 amide bonds. The summed E-state index contributed by atoms with van der Waals surface area (Å²) in [6, 6.07) is 14.1. The summed E-state index contributed by atoms with van der Waals surface area (Å²) in [7, 11) is 0. The van der Waals surface area contributed by atoms with Gasteiger partial charge in [0.25, 0.3) is 5.91 Å². The lowest BCUT2D eigenvalue weighted by atomic mass is 10.0. The second-order valence-electron chi connectivity index (χ2n) is 6.52. The molecule has 2 aromatic carbocycles. The zero-order valence-corrected chi connectivity index (χ0v) is 16.1. The van der Waals surface area contributed by atoms with Gasteiger partial charge in [-0.15, -0.1) is 0 Å². The Balaban J connectivity index is 1.92. The van der Waals surface area contributed by atoms with Crippen LogP contribution in [0.2, 0.25) is 0 Å². The van der Waals surface area contributed by atoms with Crippen molar-refractivity contribution in [2.45, 2.75) is 20.0 Å². The van der Waals surface area contributed by atoms with Crippen molar-refractivity contribution in [3.63, 3.8) is 0 Å². The molecule has 0 aliphatic carbocycles. The van der Waals surface area contributed by atoms with Crippen molar-refractivity contribution < 1.29 is 28.7 Å². The molecule has 8 nitrogen and oxygen atoms in total. The molecule has 0 aliphatic heterocycles. The van der Waals surface area contributed by atoms with Crippen LogP contribution in [0.1, 0.15) is 29.8 Å². The number of nitrogens with one attached hydrogen (secondary N) is 1. The number of nitrogens with two attached hydrogens (primary N) is 1. The van der Waals surface area contributed by atoms with Crippen molar-refractivity contribution >= 4 is 23.7 Å². The molecule has 0 bridgehead atoms. The van der Waals surface area contributed by atoms with Crippen LogP contribution in [0.3, 0.4) is 0 Å². The molecule has 2 aromatic rings. The highest BCUT2D eigenvalue weighted by molar-refractivity contribution is 6.09. The predicted octanol–water partition coefficient (Wildman–Crippen LogP) is 2.06. The normalized spacial score (nSPS) is 11.4. The van der Waals surface area contributed by atoms with Gasteiger partial charge in [-0.3, -0.25) is 14.9 Å². The molecule has 2 rings (SSSR count). The quantitative estimate of drug-likeness (QED) is 0.518. The Kier molecular flexibility index (Phi) is 7.47. The molecule has 0 aromatic heterocycles. The number of primary amides is 1. The van der Waals surface area contributed by atoms with Crippen LogP contribution in [0.4, 0.5) is 4.79 Å². The summed E-state index contributed by atoms with van der Waals surface area (Å²) in [4.78, 5) is 47.0. The average molecular weight is 398 g/mol. The standard InChI is InChI=1S/C21H22N2O6/c1-13(2)19(20(26)23-21(22)27)29-17(24)12-28-16-10-8-15(9-11-16)18(25)14-6-4-3-5-7-14/h3-11,13,19H,12H2,1-2H3,(H3,22,23,26,27)/t19-/m1/s1. The van der Waals surface area contributed by atoms with E-state index in [0.717, 1.165) is 0 Å². The highest BCUT2D eigenvalue weighted by Crippen LogP contribution is 2.16. The number of imide groups is 1. The first-order chi connectivity index (χ1) is 13.8. The van der Waals surface area contributed by atoms with E-state index in [1.165, 1.54) is 0 Å². The number of ketones is 1. The van der Waals surface area contributed by atoms with E-state index in [2.05, 4.69) is 0 Å². The van der Waals surface area contributed by atoms with Gasteiger partial charge < -0.3 is 15.2 Å². The second-order valence-corrected chi connectivity index (χ2v) is 6.52. The lowest BCUT2D eigenvalue weighted by Crippen LogP contribution is -2.46. The van der Waals surface area contributed by atoms with Gasteiger partial charge in [-0.1, -0.05) is 44.2 Å². The Morgan fingerprint density at radius 2 is 1.52 bits per heavy atom. The number of amides is 3. The number of benzene rings is 2. The van der Waals surface area contributed by atoms with Crippen LogP contribution in [0.5, 0.6) is 5.75 Å². The van der Waals surface area contributed by atoms with Crippen LogP contribution in [0, 0.1) is 5.92 Å². The van der Waals surface area contributed by atoms with Crippen LogP contribution in [0.25, 0.3) is 0 Å². The van der Waals surface area contributed by atoms with E-state index in [1.807, 2.05) is 11.4 Å². The largest absolute Gasteiger partial charge is 0.482 e. The zero-order valence-electron chi connectivity index (χ0n) is 16.1. The molecule has 0 fully saturated rings. The van der Waals surface area contributed by atoms with Crippen molar-refractivity contribution in [2.75, 3.05) is 6.61 Å². The van der Waals surface area contributed by atoms with E-state index < -0.39 is 30.6 Å². The minimum absolute atomic E-state index is 0.128. The van der Waals surface area contributed by atoms with Gasteiger partial charge in [0, 0.05) is 11.1 Å². The molecule has 1 atom stereocenters.